The molecule has 0 spiro atoms. The van der Waals surface area contributed by atoms with E-state index in [1.54, 1.807) is 6.20 Å². The van der Waals surface area contributed by atoms with Crippen LogP contribution in [0.1, 0.15) is 24.8 Å². The fraction of sp³-hybridized carbons (Fsp3) is 0.500. The van der Waals surface area contributed by atoms with E-state index in [1.807, 2.05) is 28.9 Å². The molecule has 4 rings (SSSR count). The quantitative estimate of drug-likeness (QED) is 0.893. The molecule has 2 saturated carbocycles. The molecule has 5 nitrogen and oxygen atoms in total. The highest BCUT2D eigenvalue weighted by atomic mass is 16.1. The first kappa shape index (κ1) is 12.8. The monoisotopic (exact) mass is 284 g/mol. The second kappa shape index (κ2) is 4.84. The molecule has 0 saturated heterocycles. The average Bonchev–Trinajstić information content (AvgIpc) is 3.19. The van der Waals surface area contributed by atoms with Gasteiger partial charge in [0.2, 0.25) is 5.91 Å². The normalized spacial score (nSPS) is 30.9. The smallest absolute Gasteiger partial charge is 0.225 e. The Labute approximate surface area is 123 Å². The first-order valence-electron chi connectivity index (χ1n) is 7.67. The van der Waals surface area contributed by atoms with Crippen molar-refractivity contribution in [1.82, 2.24) is 14.7 Å². The summed E-state index contributed by atoms with van der Waals surface area (Å²) in [5, 5.41) is 3.06. The SMILES string of the molecule is NC1C2CCC(C2)C1C(=O)NCc1ccn2ccnc2c1. The average molecular weight is 284 g/mol. The van der Waals surface area contributed by atoms with Crippen molar-refractivity contribution < 1.29 is 4.79 Å². The van der Waals surface area contributed by atoms with E-state index in [0.717, 1.165) is 24.1 Å². The van der Waals surface area contributed by atoms with Crippen LogP contribution < -0.4 is 11.1 Å². The summed E-state index contributed by atoms with van der Waals surface area (Å²) in [7, 11) is 0. The number of fused-ring (bicyclic) bond motifs is 3. The minimum Gasteiger partial charge on any atom is -0.352 e. The van der Waals surface area contributed by atoms with Gasteiger partial charge in [0.05, 0.1) is 5.92 Å². The van der Waals surface area contributed by atoms with Crippen molar-refractivity contribution in [2.45, 2.75) is 31.8 Å². The fourth-order valence-electron chi connectivity index (χ4n) is 4.09. The van der Waals surface area contributed by atoms with Gasteiger partial charge in [-0.1, -0.05) is 0 Å². The van der Waals surface area contributed by atoms with Crippen molar-refractivity contribution in [3.8, 4) is 0 Å². The molecular weight excluding hydrogens is 264 g/mol. The van der Waals surface area contributed by atoms with Crippen LogP contribution in [0.5, 0.6) is 0 Å². The number of hydrogen-bond donors (Lipinski definition) is 2. The molecule has 3 N–H and O–H groups in total. The maximum atomic E-state index is 12.4. The van der Waals surface area contributed by atoms with Gasteiger partial charge in [0.25, 0.3) is 0 Å². The van der Waals surface area contributed by atoms with Gasteiger partial charge in [0.1, 0.15) is 5.65 Å². The number of carbonyl (C=O) groups excluding carboxylic acids is 1. The first-order chi connectivity index (χ1) is 10.2. The van der Waals surface area contributed by atoms with Crippen LogP contribution in [0.4, 0.5) is 0 Å². The number of nitrogens with two attached hydrogens (primary N) is 1. The van der Waals surface area contributed by atoms with Gasteiger partial charge in [-0.2, -0.15) is 0 Å². The van der Waals surface area contributed by atoms with Crippen molar-refractivity contribution in [2.24, 2.45) is 23.5 Å². The molecule has 4 unspecified atom stereocenters. The topological polar surface area (TPSA) is 72.4 Å². The van der Waals surface area contributed by atoms with E-state index in [-0.39, 0.29) is 17.9 Å². The third-order valence-electron chi connectivity index (χ3n) is 5.21. The fourth-order valence-corrected chi connectivity index (χ4v) is 4.09. The third-order valence-corrected chi connectivity index (χ3v) is 5.21. The largest absolute Gasteiger partial charge is 0.352 e. The summed E-state index contributed by atoms with van der Waals surface area (Å²) in [5.41, 5.74) is 8.19. The second-order valence-electron chi connectivity index (χ2n) is 6.38. The Bertz CT molecular complexity index is 678. The lowest BCUT2D eigenvalue weighted by atomic mass is 9.84. The molecule has 21 heavy (non-hydrogen) atoms. The van der Waals surface area contributed by atoms with Crippen LogP contribution in [0, 0.1) is 17.8 Å². The van der Waals surface area contributed by atoms with Crippen molar-refractivity contribution >= 4 is 11.6 Å². The van der Waals surface area contributed by atoms with Gasteiger partial charge >= 0.3 is 0 Å². The van der Waals surface area contributed by atoms with Crippen LogP contribution in [-0.4, -0.2) is 21.3 Å². The summed E-state index contributed by atoms with van der Waals surface area (Å²) in [6, 6.07) is 4.06. The number of hydrogen-bond acceptors (Lipinski definition) is 3. The van der Waals surface area contributed by atoms with Gasteiger partial charge < -0.3 is 15.5 Å². The van der Waals surface area contributed by atoms with E-state index in [0.29, 0.717) is 18.4 Å². The molecule has 2 aliphatic rings. The van der Waals surface area contributed by atoms with Gasteiger partial charge in [-0.25, -0.2) is 4.98 Å². The van der Waals surface area contributed by atoms with Crippen LogP contribution in [0.3, 0.4) is 0 Å². The molecule has 2 aromatic rings. The molecule has 2 aromatic heterocycles. The molecule has 2 bridgehead atoms. The maximum Gasteiger partial charge on any atom is 0.225 e. The van der Waals surface area contributed by atoms with Crippen molar-refractivity contribution in [2.75, 3.05) is 0 Å². The minimum absolute atomic E-state index is 0.0129. The molecule has 0 aliphatic heterocycles. The molecule has 2 fully saturated rings. The van der Waals surface area contributed by atoms with Crippen molar-refractivity contribution in [1.29, 1.82) is 0 Å². The standard InChI is InChI=1S/C16H20N4O/c17-15-12-2-1-11(8-12)14(15)16(21)19-9-10-3-5-20-6-4-18-13(20)7-10/h3-7,11-12,14-15H,1-2,8-9,17H2,(H,19,21). The Hall–Kier alpha value is -1.88. The lowest BCUT2D eigenvalue weighted by Gasteiger charge is -2.27. The maximum absolute atomic E-state index is 12.4. The Morgan fingerprint density at radius 2 is 2.24 bits per heavy atom. The molecule has 0 radical (unpaired) electrons. The van der Waals surface area contributed by atoms with E-state index in [9.17, 15) is 4.79 Å². The van der Waals surface area contributed by atoms with E-state index < -0.39 is 0 Å². The lowest BCUT2D eigenvalue weighted by Crippen LogP contribution is -2.45. The Morgan fingerprint density at radius 1 is 1.38 bits per heavy atom. The number of pyridine rings is 1. The molecule has 5 heteroatoms. The molecule has 2 heterocycles. The zero-order chi connectivity index (χ0) is 14.4. The van der Waals surface area contributed by atoms with Crippen LogP contribution >= 0.6 is 0 Å². The zero-order valence-corrected chi connectivity index (χ0v) is 11.9. The van der Waals surface area contributed by atoms with E-state index in [4.69, 9.17) is 5.73 Å². The van der Waals surface area contributed by atoms with Crippen LogP contribution in [0.25, 0.3) is 5.65 Å². The number of nitrogens with zero attached hydrogens (tertiary/aromatic N) is 2. The van der Waals surface area contributed by atoms with Crippen LogP contribution in [0.15, 0.2) is 30.7 Å². The van der Waals surface area contributed by atoms with Gasteiger partial charge in [-0.05, 0) is 48.8 Å². The van der Waals surface area contributed by atoms with E-state index in [2.05, 4.69) is 10.3 Å². The van der Waals surface area contributed by atoms with E-state index >= 15 is 0 Å². The summed E-state index contributed by atoms with van der Waals surface area (Å²) in [6.07, 6.45) is 9.15. The van der Waals surface area contributed by atoms with Crippen molar-refractivity contribution in [3.63, 3.8) is 0 Å². The highest BCUT2D eigenvalue weighted by molar-refractivity contribution is 5.80. The second-order valence-corrected chi connectivity index (χ2v) is 6.38. The van der Waals surface area contributed by atoms with Crippen LogP contribution in [0.2, 0.25) is 0 Å². The molecule has 1 amide bonds. The number of imidazole rings is 1. The molecule has 110 valence electrons. The molecular formula is C16H20N4O. The number of aromatic nitrogens is 2. The predicted molar refractivity (Wildman–Crippen MR) is 79.3 cm³/mol. The van der Waals surface area contributed by atoms with Gasteiger partial charge in [-0.3, -0.25) is 4.79 Å². The van der Waals surface area contributed by atoms with E-state index in [1.165, 1.54) is 6.42 Å². The highest BCUT2D eigenvalue weighted by Crippen LogP contribution is 2.47. The number of nitrogens with one attached hydrogen (secondary N) is 1. The predicted octanol–water partition coefficient (Wildman–Crippen LogP) is 1.32. The molecule has 0 aromatic carbocycles. The van der Waals surface area contributed by atoms with Gasteiger partial charge in [-0.15, -0.1) is 0 Å². The van der Waals surface area contributed by atoms with Crippen molar-refractivity contribution in [3.05, 3.63) is 36.3 Å². The summed E-state index contributed by atoms with van der Waals surface area (Å²) < 4.78 is 1.96. The summed E-state index contributed by atoms with van der Waals surface area (Å²) >= 11 is 0. The van der Waals surface area contributed by atoms with Gasteiger partial charge in [0, 0.05) is 31.2 Å². The Morgan fingerprint density at radius 3 is 3.05 bits per heavy atom. The minimum atomic E-state index is 0.0129. The number of rotatable bonds is 3. The number of amides is 1. The lowest BCUT2D eigenvalue weighted by molar-refractivity contribution is -0.127. The zero-order valence-electron chi connectivity index (χ0n) is 11.9. The third kappa shape index (κ3) is 2.12. The van der Waals surface area contributed by atoms with Gasteiger partial charge in [0.15, 0.2) is 0 Å². The summed E-state index contributed by atoms with van der Waals surface area (Å²) in [6.45, 7) is 0.544. The summed E-state index contributed by atoms with van der Waals surface area (Å²) in [4.78, 5) is 16.7. The van der Waals surface area contributed by atoms with Crippen LogP contribution in [-0.2, 0) is 11.3 Å². The molecule has 4 atom stereocenters. The summed E-state index contributed by atoms with van der Waals surface area (Å²) in [5.74, 6) is 1.20. The highest BCUT2D eigenvalue weighted by Gasteiger charge is 2.48. The Balaban J connectivity index is 1.43. The molecule has 2 aliphatic carbocycles. The first-order valence-corrected chi connectivity index (χ1v) is 7.67. The number of carbonyl (C=O) groups is 1. The Kier molecular flexibility index (Phi) is 2.96.